The Bertz CT molecular complexity index is 1450. The largest absolute Gasteiger partial charge is 0.461 e. The van der Waals surface area contributed by atoms with Crippen molar-refractivity contribution in [1.82, 2.24) is 20.2 Å². The van der Waals surface area contributed by atoms with Gasteiger partial charge in [0.25, 0.3) is 0 Å². The number of benzene rings is 1. The average Bonchev–Trinajstić information content (AvgIpc) is 3.63. The van der Waals surface area contributed by atoms with Crippen molar-refractivity contribution in [3.05, 3.63) is 46.5 Å². The number of methoxy groups -OCH3 is 1. The lowest BCUT2D eigenvalue weighted by Crippen LogP contribution is -2.22. The normalized spacial score (nSPS) is 13.8. The number of aryl methyl sites for hydroxylation is 2. The van der Waals surface area contributed by atoms with Crippen molar-refractivity contribution in [1.29, 1.82) is 0 Å². The highest BCUT2D eigenvalue weighted by Gasteiger charge is 2.24. The zero-order chi connectivity index (χ0) is 30.0. The Labute approximate surface area is 260 Å². The highest BCUT2D eigenvalue weighted by molar-refractivity contribution is 7.22. The smallest absolute Gasteiger partial charge is 0.358 e. The van der Waals surface area contributed by atoms with Gasteiger partial charge in [-0.05, 0) is 69.7 Å². The van der Waals surface area contributed by atoms with Crippen LogP contribution in [0.2, 0.25) is 0 Å². The number of hydrogen-bond acceptors (Lipinski definition) is 12. The van der Waals surface area contributed by atoms with Gasteiger partial charge < -0.3 is 24.4 Å². The Balaban J connectivity index is 1.35. The SMILES string of the molecule is CCOC(=O)c1nc(N(CCCOC)c2cc(C)c(Nc3nc4ccccc4s3)nn2)sc1CCCOC1CCCCC1. The van der Waals surface area contributed by atoms with Crippen LogP contribution in [0.5, 0.6) is 0 Å². The molecule has 1 fully saturated rings. The molecular weight excluding hydrogens is 585 g/mol. The number of ether oxygens (including phenoxy) is 3. The van der Waals surface area contributed by atoms with Gasteiger partial charge in [-0.3, -0.25) is 0 Å². The molecule has 230 valence electrons. The molecule has 1 N–H and O–H groups in total. The van der Waals surface area contributed by atoms with Gasteiger partial charge >= 0.3 is 5.97 Å². The number of nitrogens with zero attached hydrogens (tertiary/aromatic N) is 5. The molecule has 1 saturated carbocycles. The molecule has 1 aromatic carbocycles. The highest BCUT2D eigenvalue weighted by atomic mass is 32.1. The Morgan fingerprint density at radius 2 is 1.91 bits per heavy atom. The number of thiazole rings is 2. The monoisotopic (exact) mass is 624 g/mol. The number of fused-ring (bicyclic) bond motifs is 1. The van der Waals surface area contributed by atoms with E-state index < -0.39 is 5.97 Å². The lowest BCUT2D eigenvalue weighted by atomic mass is 9.98. The molecule has 0 aliphatic heterocycles. The van der Waals surface area contributed by atoms with Gasteiger partial charge in [0.1, 0.15) is 0 Å². The van der Waals surface area contributed by atoms with Gasteiger partial charge in [-0.25, -0.2) is 14.8 Å². The number of para-hydroxylation sites is 1. The average molecular weight is 625 g/mol. The van der Waals surface area contributed by atoms with Gasteiger partial charge in [0.15, 0.2) is 27.6 Å². The van der Waals surface area contributed by atoms with Crippen molar-refractivity contribution in [2.75, 3.05) is 43.7 Å². The first-order valence-corrected chi connectivity index (χ1v) is 16.7. The lowest BCUT2D eigenvalue weighted by Gasteiger charge is -2.21. The number of esters is 1. The van der Waals surface area contributed by atoms with Gasteiger partial charge in [-0.1, -0.05) is 42.7 Å². The third kappa shape index (κ3) is 8.26. The quantitative estimate of drug-likeness (QED) is 0.107. The summed E-state index contributed by atoms with van der Waals surface area (Å²) in [7, 11) is 1.69. The first-order valence-electron chi connectivity index (χ1n) is 15.1. The van der Waals surface area contributed by atoms with Crippen LogP contribution in [0.1, 0.15) is 72.8 Å². The van der Waals surface area contributed by atoms with E-state index in [4.69, 9.17) is 19.2 Å². The molecule has 0 atom stereocenters. The lowest BCUT2D eigenvalue weighted by molar-refractivity contribution is 0.0272. The van der Waals surface area contributed by atoms with Crippen LogP contribution in [0, 0.1) is 6.92 Å². The fraction of sp³-hybridized carbons (Fsp3) is 0.516. The molecule has 43 heavy (non-hydrogen) atoms. The van der Waals surface area contributed by atoms with Crippen molar-refractivity contribution >= 4 is 60.8 Å². The van der Waals surface area contributed by atoms with Crippen LogP contribution in [0.25, 0.3) is 10.2 Å². The molecule has 12 heteroatoms. The number of hydrogen-bond donors (Lipinski definition) is 1. The molecule has 0 radical (unpaired) electrons. The second-order valence-corrected chi connectivity index (χ2v) is 12.7. The second-order valence-electron chi connectivity index (χ2n) is 10.6. The van der Waals surface area contributed by atoms with Gasteiger partial charge in [0, 0.05) is 31.7 Å². The summed E-state index contributed by atoms with van der Waals surface area (Å²) in [6.45, 7) is 5.95. The summed E-state index contributed by atoms with van der Waals surface area (Å²) in [6, 6.07) is 10.0. The Kier molecular flexibility index (Phi) is 11.3. The summed E-state index contributed by atoms with van der Waals surface area (Å²) < 4.78 is 18.0. The van der Waals surface area contributed by atoms with Crippen molar-refractivity contribution in [3.63, 3.8) is 0 Å². The molecule has 3 aromatic heterocycles. The molecule has 0 unspecified atom stereocenters. The van der Waals surface area contributed by atoms with E-state index in [0.29, 0.717) is 61.4 Å². The van der Waals surface area contributed by atoms with E-state index in [-0.39, 0.29) is 0 Å². The van der Waals surface area contributed by atoms with E-state index in [0.717, 1.165) is 51.5 Å². The number of anilines is 4. The maximum Gasteiger partial charge on any atom is 0.358 e. The Morgan fingerprint density at radius 3 is 2.67 bits per heavy atom. The molecule has 1 aliphatic carbocycles. The van der Waals surface area contributed by atoms with Crippen LogP contribution < -0.4 is 10.2 Å². The third-order valence-electron chi connectivity index (χ3n) is 7.34. The Morgan fingerprint density at radius 1 is 1.07 bits per heavy atom. The fourth-order valence-corrected chi connectivity index (χ4v) is 7.12. The van der Waals surface area contributed by atoms with Crippen LogP contribution in [0.3, 0.4) is 0 Å². The third-order valence-corrected chi connectivity index (χ3v) is 9.43. The van der Waals surface area contributed by atoms with E-state index in [9.17, 15) is 4.79 Å². The van der Waals surface area contributed by atoms with Crippen LogP contribution in [-0.4, -0.2) is 65.7 Å². The highest BCUT2D eigenvalue weighted by Crippen LogP contribution is 2.34. The van der Waals surface area contributed by atoms with Gasteiger partial charge in [0.05, 0.1) is 22.9 Å². The summed E-state index contributed by atoms with van der Waals surface area (Å²) >= 11 is 3.07. The first-order chi connectivity index (χ1) is 21.1. The van der Waals surface area contributed by atoms with Crippen molar-refractivity contribution < 1.29 is 19.0 Å². The molecule has 0 amide bonds. The van der Waals surface area contributed by atoms with Crippen LogP contribution in [-0.2, 0) is 20.6 Å². The maximum absolute atomic E-state index is 12.9. The zero-order valence-electron chi connectivity index (χ0n) is 25.1. The number of aromatic nitrogens is 4. The molecule has 3 heterocycles. The van der Waals surface area contributed by atoms with Crippen molar-refractivity contribution in [2.24, 2.45) is 0 Å². The number of carbonyl (C=O) groups excluding carboxylic acids is 1. The standard InChI is InChI=1S/C31H40N6O4S2/c1-4-40-29(38)27-25(16-10-19-41-22-12-6-5-7-13-22)43-31(33-27)37(17-11-18-39-3)26-20-21(2)28(36-35-26)34-30-32-23-14-8-9-15-24(23)42-30/h8-9,14-15,20,22H,4-7,10-13,16-19H2,1-3H3,(H,32,34,36). The van der Waals surface area contributed by atoms with Crippen molar-refractivity contribution in [2.45, 2.75) is 71.3 Å². The number of rotatable bonds is 15. The molecule has 0 spiro atoms. The second kappa shape index (κ2) is 15.5. The van der Waals surface area contributed by atoms with Gasteiger partial charge in [-0.2, -0.15) is 0 Å². The summed E-state index contributed by atoms with van der Waals surface area (Å²) in [6.07, 6.45) is 8.71. The predicted molar refractivity (Wildman–Crippen MR) is 172 cm³/mol. The fourth-order valence-electron chi connectivity index (χ4n) is 5.13. The van der Waals surface area contributed by atoms with Gasteiger partial charge in [0.2, 0.25) is 0 Å². The first kappa shape index (κ1) is 31.2. The summed E-state index contributed by atoms with van der Waals surface area (Å²) in [5.41, 5.74) is 2.23. The number of nitrogens with one attached hydrogen (secondary N) is 1. The molecule has 0 bridgehead atoms. The topological polar surface area (TPSA) is 112 Å². The van der Waals surface area contributed by atoms with E-state index in [1.807, 2.05) is 49.1 Å². The number of carbonyl (C=O) groups is 1. The Hall–Kier alpha value is -3.19. The zero-order valence-corrected chi connectivity index (χ0v) is 26.8. The minimum absolute atomic E-state index is 0.293. The molecular formula is C31H40N6O4S2. The van der Waals surface area contributed by atoms with E-state index in [1.54, 1.807) is 18.4 Å². The van der Waals surface area contributed by atoms with Crippen LogP contribution in [0.15, 0.2) is 30.3 Å². The van der Waals surface area contributed by atoms with E-state index in [1.165, 1.54) is 30.6 Å². The van der Waals surface area contributed by atoms with Gasteiger partial charge in [-0.15, -0.1) is 21.5 Å². The van der Waals surface area contributed by atoms with E-state index >= 15 is 0 Å². The molecule has 5 rings (SSSR count). The molecule has 10 nitrogen and oxygen atoms in total. The molecule has 0 saturated heterocycles. The van der Waals surface area contributed by atoms with Crippen molar-refractivity contribution in [3.8, 4) is 0 Å². The molecule has 4 aromatic rings. The summed E-state index contributed by atoms with van der Waals surface area (Å²) in [4.78, 5) is 25.3. The van der Waals surface area contributed by atoms with Crippen LogP contribution in [0.4, 0.5) is 21.9 Å². The minimum atomic E-state index is -0.400. The molecule has 1 aliphatic rings. The maximum atomic E-state index is 12.9. The summed E-state index contributed by atoms with van der Waals surface area (Å²) in [5, 5.41) is 13.9. The van der Waals surface area contributed by atoms with E-state index in [2.05, 4.69) is 20.5 Å². The summed E-state index contributed by atoms with van der Waals surface area (Å²) in [5.74, 6) is 0.895. The predicted octanol–water partition coefficient (Wildman–Crippen LogP) is 7.23. The minimum Gasteiger partial charge on any atom is -0.461 e. The van der Waals surface area contributed by atoms with Crippen LogP contribution >= 0.6 is 22.7 Å².